The van der Waals surface area contributed by atoms with Crippen LogP contribution >= 0.6 is 11.6 Å². The second-order valence-corrected chi connectivity index (χ2v) is 7.14. The van der Waals surface area contributed by atoms with Gasteiger partial charge in [-0.1, -0.05) is 25.4 Å². The van der Waals surface area contributed by atoms with Crippen LogP contribution in [0.5, 0.6) is 5.88 Å². The summed E-state index contributed by atoms with van der Waals surface area (Å²) in [5.74, 6) is 1.15. The first kappa shape index (κ1) is 17.7. The second-order valence-electron chi connectivity index (χ2n) is 6.75. The highest BCUT2D eigenvalue weighted by Gasteiger charge is 2.21. The van der Waals surface area contributed by atoms with Crippen molar-refractivity contribution >= 4 is 11.6 Å². The Morgan fingerprint density at radius 2 is 2.00 bits per heavy atom. The summed E-state index contributed by atoms with van der Waals surface area (Å²) in [6.45, 7) is 8.74. The predicted molar refractivity (Wildman–Crippen MR) is 94.8 cm³/mol. The third kappa shape index (κ3) is 5.19. The minimum atomic E-state index is -0.362. The van der Waals surface area contributed by atoms with Crippen LogP contribution in [0, 0.1) is 12.8 Å². The quantitative estimate of drug-likeness (QED) is 0.803. The lowest BCUT2D eigenvalue weighted by molar-refractivity contribution is 0.199. The maximum atomic E-state index is 6.28. The van der Waals surface area contributed by atoms with Gasteiger partial charge >= 0.3 is 0 Å². The molecule has 2 aromatic rings. The number of nitrogens with zero attached hydrogens (tertiary/aromatic N) is 2. The van der Waals surface area contributed by atoms with Crippen molar-refractivity contribution in [1.29, 1.82) is 0 Å². The summed E-state index contributed by atoms with van der Waals surface area (Å²) >= 11 is 5.94. The lowest BCUT2D eigenvalue weighted by Gasteiger charge is -2.26. The van der Waals surface area contributed by atoms with Crippen molar-refractivity contribution in [2.24, 2.45) is 11.7 Å². The van der Waals surface area contributed by atoms with Gasteiger partial charge in [-0.3, -0.25) is 0 Å². The number of hydrogen-bond acceptors (Lipinski definition) is 4. The molecule has 0 aliphatic rings. The number of aryl methyl sites for hydroxylation is 1. The molecule has 0 unspecified atom stereocenters. The van der Waals surface area contributed by atoms with Crippen LogP contribution in [0.25, 0.3) is 11.1 Å². The number of ether oxygens (including phenoxy) is 1. The summed E-state index contributed by atoms with van der Waals surface area (Å²) < 4.78 is 5.84. The number of aromatic nitrogens is 2. The third-order valence-electron chi connectivity index (χ3n) is 3.50. The first-order valence-electron chi connectivity index (χ1n) is 7.77. The zero-order chi connectivity index (χ0) is 17.0. The Kier molecular flexibility index (Phi) is 5.60. The molecule has 0 radical (unpaired) electrons. The van der Waals surface area contributed by atoms with E-state index in [4.69, 9.17) is 22.1 Å². The molecule has 2 heterocycles. The summed E-state index contributed by atoms with van der Waals surface area (Å²) in [5, 5.41) is 0.466. The fourth-order valence-electron chi connectivity index (χ4n) is 2.68. The summed E-state index contributed by atoms with van der Waals surface area (Å²) in [7, 11) is 0. The summed E-state index contributed by atoms with van der Waals surface area (Å²) in [5.41, 5.74) is 8.85. The molecule has 0 fully saturated rings. The lowest BCUT2D eigenvalue weighted by atomic mass is 9.93. The van der Waals surface area contributed by atoms with Gasteiger partial charge in [0, 0.05) is 29.1 Å². The minimum absolute atomic E-state index is 0.362. The van der Waals surface area contributed by atoms with E-state index in [2.05, 4.69) is 23.8 Å². The van der Waals surface area contributed by atoms with Crippen molar-refractivity contribution in [3.05, 3.63) is 41.3 Å². The van der Waals surface area contributed by atoms with Gasteiger partial charge < -0.3 is 10.5 Å². The molecule has 0 aliphatic carbocycles. The van der Waals surface area contributed by atoms with E-state index in [-0.39, 0.29) is 5.54 Å². The SMILES string of the molecule is Cc1cc(-c2ccnc(Cl)c2)cnc1OC[C@@](C)(N)CC(C)C. The molecule has 1 atom stereocenters. The topological polar surface area (TPSA) is 61.0 Å². The first-order valence-corrected chi connectivity index (χ1v) is 8.15. The Balaban J connectivity index is 2.11. The maximum Gasteiger partial charge on any atom is 0.216 e. The molecule has 23 heavy (non-hydrogen) atoms. The van der Waals surface area contributed by atoms with E-state index < -0.39 is 0 Å². The molecule has 124 valence electrons. The van der Waals surface area contributed by atoms with E-state index >= 15 is 0 Å². The molecule has 0 aromatic carbocycles. The van der Waals surface area contributed by atoms with Crippen molar-refractivity contribution in [2.75, 3.05) is 6.61 Å². The van der Waals surface area contributed by atoms with Crippen LogP contribution in [0.4, 0.5) is 0 Å². The number of pyridine rings is 2. The van der Waals surface area contributed by atoms with Crippen LogP contribution in [0.3, 0.4) is 0 Å². The summed E-state index contributed by atoms with van der Waals surface area (Å²) in [6, 6.07) is 5.75. The highest BCUT2D eigenvalue weighted by molar-refractivity contribution is 6.29. The van der Waals surface area contributed by atoms with E-state index in [1.807, 2.05) is 32.0 Å². The van der Waals surface area contributed by atoms with Crippen LogP contribution in [0.2, 0.25) is 5.15 Å². The van der Waals surface area contributed by atoms with Gasteiger partial charge in [0.05, 0.1) is 0 Å². The van der Waals surface area contributed by atoms with E-state index in [1.54, 1.807) is 12.4 Å². The molecule has 0 spiro atoms. The van der Waals surface area contributed by atoms with Crippen molar-refractivity contribution < 1.29 is 4.74 Å². The van der Waals surface area contributed by atoms with Gasteiger partial charge in [0.2, 0.25) is 5.88 Å². The average molecular weight is 334 g/mol. The third-order valence-corrected chi connectivity index (χ3v) is 3.71. The van der Waals surface area contributed by atoms with E-state index in [9.17, 15) is 0 Å². The second kappa shape index (κ2) is 7.28. The Hall–Kier alpha value is -1.65. The van der Waals surface area contributed by atoms with Crippen molar-refractivity contribution in [1.82, 2.24) is 9.97 Å². The van der Waals surface area contributed by atoms with E-state index in [0.29, 0.717) is 23.6 Å². The zero-order valence-electron chi connectivity index (χ0n) is 14.1. The first-order chi connectivity index (χ1) is 10.8. The van der Waals surface area contributed by atoms with Gasteiger partial charge in [-0.2, -0.15) is 0 Å². The summed E-state index contributed by atoms with van der Waals surface area (Å²) in [6.07, 6.45) is 4.37. The van der Waals surface area contributed by atoms with Gasteiger partial charge in [-0.05, 0) is 49.9 Å². The van der Waals surface area contributed by atoms with E-state index in [1.165, 1.54) is 0 Å². The van der Waals surface area contributed by atoms with Crippen molar-refractivity contribution in [3.63, 3.8) is 0 Å². The van der Waals surface area contributed by atoms with Gasteiger partial charge in [0.15, 0.2) is 0 Å². The molecule has 4 nitrogen and oxygen atoms in total. The summed E-state index contributed by atoms with van der Waals surface area (Å²) in [4.78, 5) is 8.42. The fourth-order valence-corrected chi connectivity index (χ4v) is 2.85. The normalized spacial score (nSPS) is 13.9. The molecule has 5 heteroatoms. The number of nitrogens with two attached hydrogens (primary N) is 1. The molecule has 2 aromatic heterocycles. The molecule has 0 saturated carbocycles. The highest BCUT2D eigenvalue weighted by Crippen LogP contribution is 2.25. The molecule has 0 amide bonds. The lowest BCUT2D eigenvalue weighted by Crippen LogP contribution is -2.43. The monoisotopic (exact) mass is 333 g/mol. The molecular weight excluding hydrogens is 310 g/mol. The minimum Gasteiger partial charge on any atom is -0.476 e. The molecule has 2 N–H and O–H groups in total. The van der Waals surface area contributed by atoms with Crippen molar-refractivity contribution in [2.45, 2.75) is 39.7 Å². The number of rotatable bonds is 6. The number of halogens is 1. The Morgan fingerprint density at radius 3 is 2.61 bits per heavy atom. The standard InChI is InChI=1S/C18H24ClN3O/c1-12(2)9-18(4,20)11-23-17-13(3)7-15(10-22-17)14-5-6-21-16(19)8-14/h5-8,10,12H,9,11,20H2,1-4H3/t18-/m0/s1. The van der Waals surface area contributed by atoms with Crippen LogP contribution in [0.15, 0.2) is 30.6 Å². The average Bonchev–Trinajstić information content (AvgIpc) is 2.44. The van der Waals surface area contributed by atoms with E-state index in [0.717, 1.165) is 23.1 Å². The Bertz CT molecular complexity index is 671. The van der Waals surface area contributed by atoms with Gasteiger partial charge in [0.1, 0.15) is 11.8 Å². The van der Waals surface area contributed by atoms with Crippen molar-refractivity contribution in [3.8, 4) is 17.0 Å². The predicted octanol–water partition coefficient (Wildman–Crippen LogP) is 4.25. The molecular formula is C18H24ClN3O. The highest BCUT2D eigenvalue weighted by atomic mass is 35.5. The van der Waals surface area contributed by atoms with Crippen LogP contribution < -0.4 is 10.5 Å². The fraction of sp³-hybridized carbons (Fsp3) is 0.444. The maximum absolute atomic E-state index is 6.28. The molecule has 0 saturated heterocycles. The van der Waals surface area contributed by atoms with Gasteiger partial charge in [-0.15, -0.1) is 0 Å². The van der Waals surface area contributed by atoms with Crippen LogP contribution in [-0.4, -0.2) is 22.1 Å². The smallest absolute Gasteiger partial charge is 0.216 e. The zero-order valence-corrected chi connectivity index (χ0v) is 14.9. The molecule has 2 rings (SSSR count). The van der Waals surface area contributed by atoms with Crippen LogP contribution in [0.1, 0.15) is 32.8 Å². The van der Waals surface area contributed by atoms with Gasteiger partial charge in [0.25, 0.3) is 0 Å². The van der Waals surface area contributed by atoms with Crippen LogP contribution in [-0.2, 0) is 0 Å². The molecule has 0 aliphatic heterocycles. The number of hydrogen-bond donors (Lipinski definition) is 1. The molecule has 0 bridgehead atoms. The Labute approximate surface area is 143 Å². The van der Waals surface area contributed by atoms with Gasteiger partial charge in [-0.25, -0.2) is 9.97 Å². The largest absolute Gasteiger partial charge is 0.476 e. The Morgan fingerprint density at radius 1 is 1.26 bits per heavy atom.